The van der Waals surface area contributed by atoms with Gasteiger partial charge in [-0.25, -0.2) is 4.39 Å². The number of halogens is 1. The highest BCUT2D eigenvalue weighted by Gasteiger charge is 2.15. The van der Waals surface area contributed by atoms with Crippen LogP contribution in [0.15, 0.2) is 24.7 Å². The van der Waals surface area contributed by atoms with Crippen molar-refractivity contribution in [3.63, 3.8) is 0 Å². The minimum atomic E-state index is -0.507. The van der Waals surface area contributed by atoms with E-state index >= 15 is 0 Å². The summed E-state index contributed by atoms with van der Waals surface area (Å²) in [5.41, 5.74) is 1.40. The van der Waals surface area contributed by atoms with Gasteiger partial charge in [-0.1, -0.05) is 0 Å². The van der Waals surface area contributed by atoms with Crippen LogP contribution in [0.2, 0.25) is 0 Å². The van der Waals surface area contributed by atoms with Gasteiger partial charge in [-0.15, -0.1) is 0 Å². The van der Waals surface area contributed by atoms with Crippen molar-refractivity contribution in [2.45, 2.75) is 0 Å². The third-order valence-corrected chi connectivity index (χ3v) is 2.45. The van der Waals surface area contributed by atoms with Crippen LogP contribution in [-0.4, -0.2) is 25.5 Å². The zero-order valence-corrected chi connectivity index (χ0v) is 8.03. The number of benzene rings is 1. The van der Waals surface area contributed by atoms with Crippen molar-refractivity contribution in [2.24, 2.45) is 0 Å². The van der Waals surface area contributed by atoms with Gasteiger partial charge in [0.1, 0.15) is 17.1 Å². The summed E-state index contributed by atoms with van der Waals surface area (Å²) in [6.45, 7) is 0. The molecule has 0 spiro atoms. The fourth-order valence-corrected chi connectivity index (χ4v) is 1.74. The minimum Gasteiger partial charge on any atom is -0.506 e. The van der Waals surface area contributed by atoms with E-state index in [2.05, 4.69) is 20.4 Å². The lowest BCUT2D eigenvalue weighted by atomic mass is 10.0. The Morgan fingerprint density at radius 3 is 2.88 bits per heavy atom. The average Bonchev–Trinajstić information content (AvgIpc) is 2.86. The predicted molar refractivity (Wildman–Crippen MR) is 55.3 cm³/mol. The van der Waals surface area contributed by atoms with Crippen LogP contribution in [0.3, 0.4) is 0 Å². The molecule has 16 heavy (non-hydrogen) atoms. The van der Waals surface area contributed by atoms with Crippen LogP contribution in [-0.2, 0) is 0 Å². The van der Waals surface area contributed by atoms with Crippen LogP contribution in [0, 0.1) is 5.82 Å². The fraction of sp³-hybridized carbons (Fsp3) is 0. The highest BCUT2D eigenvalue weighted by Crippen LogP contribution is 2.34. The van der Waals surface area contributed by atoms with Crippen molar-refractivity contribution in [1.82, 2.24) is 20.4 Å². The first-order valence-electron chi connectivity index (χ1n) is 4.61. The van der Waals surface area contributed by atoms with E-state index in [0.717, 1.165) is 6.07 Å². The number of aromatic nitrogens is 4. The van der Waals surface area contributed by atoms with Gasteiger partial charge in [0, 0.05) is 28.8 Å². The maximum absolute atomic E-state index is 13.8. The van der Waals surface area contributed by atoms with Crippen molar-refractivity contribution < 1.29 is 9.50 Å². The summed E-state index contributed by atoms with van der Waals surface area (Å²) >= 11 is 0. The van der Waals surface area contributed by atoms with Gasteiger partial charge in [-0.05, 0) is 0 Å². The molecule has 5 nitrogen and oxygen atoms in total. The third-order valence-electron chi connectivity index (χ3n) is 2.45. The largest absolute Gasteiger partial charge is 0.506 e. The molecule has 3 rings (SSSR count). The van der Waals surface area contributed by atoms with Gasteiger partial charge >= 0.3 is 0 Å². The quantitative estimate of drug-likeness (QED) is 0.582. The number of hydrogen-bond acceptors (Lipinski definition) is 3. The van der Waals surface area contributed by atoms with E-state index in [-0.39, 0.29) is 5.75 Å². The molecule has 0 radical (unpaired) electrons. The van der Waals surface area contributed by atoms with Crippen molar-refractivity contribution >= 4 is 10.9 Å². The molecule has 2 aromatic heterocycles. The first kappa shape index (κ1) is 8.90. The standard InChI is InChI=1S/C10H7FN4O/c11-7-1-8(16)10-6(4-14-15-10)9(7)5-2-12-13-3-5/h1-4,16H,(H,12,13)(H,14,15). The molecule has 3 aromatic rings. The molecule has 0 saturated heterocycles. The van der Waals surface area contributed by atoms with Gasteiger partial charge in [0.15, 0.2) is 0 Å². The minimum absolute atomic E-state index is 0.155. The Hall–Kier alpha value is -2.37. The SMILES string of the molecule is Oc1cc(F)c(-c2cn[nH]c2)c2cn[nH]c12. The maximum Gasteiger partial charge on any atom is 0.144 e. The van der Waals surface area contributed by atoms with E-state index in [1.54, 1.807) is 6.20 Å². The molecule has 0 saturated carbocycles. The molecule has 0 amide bonds. The predicted octanol–water partition coefficient (Wildman–Crippen LogP) is 1.80. The Bertz CT molecular complexity index is 644. The number of hydrogen-bond donors (Lipinski definition) is 3. The van der Waals surface area contributed by atoms with E-state index in [9.17, 15) is 9.50 Å². The van der Waals surface area contributed by atoms with Crippen LogP contribution in [0.4, 0.5) is 4.39 Å². The Labute approximate surface area is 88.9 Å². The molecule has 0 aliphatic carbocycles. The number of fused-ring (bicyclic) bond motifs is 1. The zero-order valence-electron chi connectivity index (χ0n) is 8.03. The Kier molecular flexibility index (Phi) is 1.70. The highest BCUT2D eigenvalue weighted by molar-refractivity contribution is 5.97. The second kappa shape index (κ2) is 3.06. The molecule has 3 N–H and O–H groups in total. The van der Waals surface area contributed by atoms with Gasteiger partial charge < -0.3 is 5.11 Å². The number of aromatic amines is 2. The molecule has 1 aromatic carbocycles. The molecule has 0 aliphatic heterocycles. The first-order valence-corrected chi connectivity index (χ1v) is 4.61. The molecule has 0 bridgehead atoms. The van der Waals surface area contributed by atoms with Crippen molar-refractivity contribution in [1.29, 1.82) is 0 Å². The van der Waals surface area contributed by atoms with Crippen molar-refractivity contribution in [2.75, 3.05) is 0 Å². The number of phenols is 1. The lowest BCUT2D eigenvalue weighted by Gasteiger charge is -2.03. The van der Waals surface area contributed by atoms with Crippen LogP contribution < -0.4 is 0 Å². The molecule has 6 heteroatoms. The molecule has 0 atom stereocenters. The van der Waals surface area contributed by atoms with E-state index < -0.39 is 5.82 Å². The molecule has 0 fully saturated rings. The maximum atomic E-state index is 13.8. The van der Waals surface area contributed by atoms with Crippen molar-refractivity contribution in [3.8, 4) is 16.9 Å². The third kappa shape index (κ3) is 1.10. The fourth-order valence-electron chi connectivity index (χ4n) is 1.74. The molecule has 2 heterocycles. The number of rotatable bonds is 1. The number of aromatic hydroxyl groups is 1. The summed E-state index contributed by atoms with van der Waals surface area (Å²) in [6, 6.07) is 1.06. The molecular formula is C10H7FN4O. The van der Waals surface area contributed by atoms with Crippen molar-refractivity contribution in [3.05, 3.63) is 30.5 Å². The number of H-pyrrole nitrogens is 2. The van der Waals surface area contributed by atoms with Crippen LogP contribution in [0.1, 0.15) is 0 Å². The number of nitrogens with one attached hydrogen (secondary N) is 2. The topological polar surface area (TPSA) is 77.6 Å². The summed E-state index contributed by atoms with van der Waals surface area (Å²) in [7, 11) is 0. The van der Waals surface area contributed by atoms with Gasteiger partial charge in [0.2, 0.25) is 0 Å². The summed E-state index contributed by atoms with van der Waals surface area (Å²) in [5, 5.41) is 22.9. The van der Waals surface area contributed by atoms with Crippen LogP contribution in [0.25, 0.3) is 22.0 Å². The van der Waals surface area contributed by atoms with Gasteiger partial charge in [-0.3, -0.25) is 10.2 Å². The summed E-state index contributed by atoms with van der Waals surface area (Å²) in [4.78, 5) is 0. The zero-order chi connectivity index (χ0) is 11.1. The van der Waals surface area contributed by atoms with Crippen LogP contribution in [0.5, 0.6) is 5.75 Å². The number of nitrogens with zero attached hydrogens (tertiary/aromatic N) is 2. The summed E-state index contributed by atoms with van der Waals surface area (Å²) < 4.78 is 13.8. The monoisotopic (exact) mass is 218 g/mol. The lowest BCUT2D eigenvalue weighted by Crippen LogP contribution is -1.85. The molecule has 80 valence electrons. The second-order valence-corrected chi connectivity index (χ2v) is 3.40. The van der Waals surface area contributed by atoms with Gasteiger partial charge in [-0.2, -0.15) is 10.2 Å². The highest BCUT2D eigenvalue weighted by atomic mass is 19.1. The Morgan fingerprint density at radius 1 is 1.25 bits per heavy atom. The van der Waals surface area contributed by atoms with Gasteiger partial charge in [0.05, 0.1) is 12.4 Å². The van der Waals surface area contributed by atoms with Crippen LogP contribution >= 0.6 is 0 Å². The second-order valence-electron chi connectivity index (χ2n) is 3.40. The Balaban J connectivity index is 2.43. The van der Waals surface area contributed by atoms with E-state index in [4.69, 9.17) is 0 Å². The average molecular weight is 218 g/mol. The molecule has 0 aliphatic rings. The van der Waals surface area contributed by atoms with Gasteiger partial charge in [0.25, 0.3) is 0 Å². The molecular weight excluding hydrogens is 211 g/mol. The number of phenolic OH excluding ortho intramolecular Hbond substituents is 1. The van der Waals surface area contributed by atoms with E-state index in [1.165, 1.54) is 12.4 Å². The molecule has 0 unspecified atom stereocenters. The first-order chi connectivity index (χ1) is 7.77. The smallest absolute Gasteiger partial charge is 0.144 e. The lowest BCUT2D eigenvalue weighted by molar-refractivity contribution is 0.474. The van der Waals surface area contributed by atoms with E-state index in [1.807, 2.05) is 0 Å². The summed E-state index contributed by atoms with van der Waals surface area (Å²) in [5.74, 6) is -0.662. The summed E-state index contributed by atoms with van der Waals surface area (Å²) in [6.07, 6.45) is 4.57. The van der Waals surface area contributed by atoms with E-state index in [0.29, 0.717) is 22.0 Å². The normalized spacial score (nSPS) is 11.1. The Morgan fingerprint density at radius 2 is 2.12 bits per heavy atom.